The number of benzene rings is 4. The topological polar surface area (TPSA) is 90.3 Å². The number of rotatable bonds is 14. The fraction of sp³-hybridized carbons (Fsp3) is 0.0172. The average Bonchev–Trinajstić information content (AvgIpc) is 3.29. The molecule has 4 heteroatoms. The quantitative estimate of drug-likeness (QED) is 0.0755. The van der Waals surface area contributed by atoms with Crippen LogP contribution in [0.4, 0.5) is 0 Å². The van der Waals surface area contributed by atoms with Crippen LogP contribution in [0.25, 0.3) is 27.8 Å². The van der Waals surface area contributed by atoms with Crippen molar-refractivity contribution in [2.45, 2.75) is 6.92 Å². The maximum absolute atomic E-state index is 10.5. The Labute approximate surface area is 368 Å². The number of allylic oxidation sites excluding steroid dienone is 28. The molecule has 0 heterocycles. The van der Waals surface area contributed by atoms with Crippen molar-refractivity contribution < 1.29 is 10.2 Å². The van der Waals surface area contributed by atoms with E-state index in [1.165, 1.54) is 0 Å². The van der Waals surface area contributed by atoms with E-state index in [4.69, 9.17) is 11.1 Å². The van der Waals surface area contributed by atoms with Gasteiger partial charge in [0, 0.05) is 16.8 Å². The molecule has 0 aromatic heterocycles. The molecular formula is C58H54N2O2. The highest BCUT2D eigenvalue weighted by atomic mass is 16.3. The van der Waals surface area contributed by atoms with Gasteiger partial charge < -0.3 is 21.4 Å². The van der Waals surface area contributed by atoms with Crippen LogP contribution in [0.1, 0.15) is 29.2 Å². The van der Waals surface area contributed by atoms with Crippen molar-refractivity contribution in [2.24, 2.45) is 5.73 Å². The zero-order valence-corrected chi connectivity index (χ0v) is 35.2. The summed E-state index contributed by atoms with van der Waals surface area (Å²) in [5.41, 5.74) is 15.3. The third kappa shape index (κ3) is 15.5. The van der Waals surface area contributed by atoms with Crippen LogP contribution < -0.4 is 5.73 Å². The Balaban J connectivity index is 0.000000554. The van der Waals surface area contributed by atoms with Crippen LogP contribution in [-0.2, 0) is 0 Å². The van der Waals surface area contributed by atoms with Gasteiger partial charge in [-0.1, -0.05) is 220 Å². The summed E-state index contributed by atoms with van der Waals surface area (Å²) in [6, 6.07) is 30.3. The molecule has 1 aliphatic carbocycles. The molecule has 308 valence electrons. The van der Waals surface area contributed by atoms with Crippen molar-refractivity contribution >= 4 is 22.4 Å². The van der Waals surface area contributed by atoms with E-state index < -0.39 is 0 Å². The maximum Gasteiger partial charge on any atom is 0.123 e. The molecule has 1 aliphatic rings. The molecule has 5 N–H and O–H groups in total. The molecule has 0 amide bonds. The molecule has 0 saturated carbocycles. The SMILES string of the molecule is C=C/C=C(\C=C)c1ccc(C(=N)\C=C/C(/C=C/C=C/C(=C)c2ccccc2O)=C/C(=C\C=C/C)c2cccc(-c3ccccc3O)c2)cc1.NC1=C/C=C/C=C/C=C\C=C/C=C\1. The largest absolute Gasteiger partial charge is 0.507 e. The van der Waals surface area contributed by atoms with Gasteiger partial charge in [0.2, 0.25) is 0 Å². The van der Waals surface area contributed by atoms with Crippen LogP contribution in [0.5, 0.6) is 11.5 Å². The first-order chi connectivity index (χ1) is 30.2. The van der Waals surface area contributed by atoms with Crippen molar-refractivity contribution in [2.75, 3.05) is 0 Å². The second-order valence-electron chi connectivity index (χ2n) is 13.6. The van der Waals surface area contributed by atoms with Crippen LogP contribution in [0, 0.1) is 5.41 Å². The molecule has 62 heavy (non-hydrogen) atoms. The molecule has 0 aliphatic heterocycles. The summed E-state index contributed by atoms with van der Waals surface area (Å²) in [5.74, 6) is 0.403. The molecule has 0 atom stereocenters. The summed E-state index contributed by atoms with van der Waals surface area (Å²) in [6.45, 7) is 13.7. The van der Waals surface area contributed by atoms with Gasteiger partial charge in [-0.2, -0.15) is 0 Å². The molecule has 0 saturated heterocycles. The molecule has 0 fully saturated rings. The normalized spacial score (nSPS) is 16.9. The zero-order valence-electron chi connectivity index (χ0n) is 35.2. The van der Waals surface area contributed by atoms with Gasteiger partial charge in [-0.3, -0.25) is 0 Å². The minimum atomic E-state index is 0.179. The lowest BCUT2D eigenvalue weighted by Gasteiger charge is -2.09. The van der Waals surface area contributed by atoms with Gasteiger partial charge >= 0.3 is 0 Å². The van der Waals surface area contributed by atoms with Gasteiger partial charge in [0.15, 0.2) is 0 Å². The lowest BCUT2D eigenvalue weighted by atomic mass is 9.96. The smallest absolute Gasteiger partial charge is 0.123 e. The third-order valence-electron chi connectivity index (χ3n) is 9.10. The van der Waals surface area contributed by atoms with Gasteiger partial charge in [-0.05, 0) is 94.0 Å². The molecule has 4 aromatic carbocycles. The molecule has 4 nitrogen and oxygen atoms in total. The highest BCUT2D eigenvalue weighted by molar-refractivity contribution is 6.07. The minimum absolute atomic E-state index is 0.179. The third-order valence-corrected chi connectivity index (χ3v) is 9.10. The monoisotopic (exact) mass is 810 g/mol. The summed E-state index contributed by atoms with van der Waals surface area (Å²) < 4.78 is 0. The summed E-state index contributed by atoms with van der Waals surface area (Å²) >= 11 is 0. The average molecular weight is 811 g/mol. The van der Waals surface area contributed by atoms with Gasteiger partial charge in [0.1, 0.15) is 11.5 Å². The fourth-order valence-corrected chi connectivity index (χ4v) is 5.88. The van der Waals surface area contributed by atoms with E-state index >= 15 is 0 Å². The highest BCUT2D eigenvalue weighted by Crippen LogP contribution is 2.31. The fourth-order valence-electron chi connectivity index (χ4n) is 5.88. The van der Waals surface area contributed by atoms with Crippen LogP contribution in [0.2, 0.25) is 0 Å². The Morgan fingerprint density at radius 2 is 1.26 bits per heavy atom. The second kappa shape index (κ2) is 26.0. The predicted octanol–water partition coefficient (Wildman–Crippen LogP) is 14.5. The molecular weight excluding hydrogens is 757 g/mol. The molecule has 0 radical (unpaired) electrons. The Morgan fingerprint density at radius 3 is 1.94 bits per heavy atom. The van der Waals surface area contributed by atoms with Crippen LogP contribution in [0.15, 0.2) is 274 Å². The lowest BCUT2D eigenvalue weighted by Crippen LogP contribution is -1.95. The van der Waals surface area contributed by atoms with Crippen LogP contribution in [0.3, 0.4) is 0 Å². The van der Waals surface area contributed by atoms with E-state index in [1.807, 2.05) is 201 Å². The first-order valence-corrected chi connectivity index (χ1v) is 20.1. The molecule has 5 rings (SSSR count). The van der Waals surface area contributed by atoms with Gasteiger partial charge in [-0.15, -0.1) is 0 Å². The molecule has 0 unspecified atom stereocenters. The van der Waals surface area contributed by atoms with Gasteiger partial charge in [-0.25, -0.2) is 0 Å². The number of phenolic OH excluding ortho intramolecular Hbond substituents is 2. The summed E-state index contributed by atoms with van der Waals surface area (Å²) in [6.07, 6.45) is 46.1. The highest BCUT2D eigenvalue weighted by Gasteiger charge is 2.07. The van der Waals surface area contributed by atoms with Crippen LogP contribution in [-0.4, -0.2) is 15.9 Å². The first kappa shape index (κ1) is 46.5. The molecule has 0 bridgehead atoms. The number of aromatic hydroxyl groups is 2. The molecule has 0 spiro atoms. The maximum atomic E-state index is 10.5. The number of para-hydroxylation sites is 2. The number of hydrogen-bond acceptors (Lipinski definition) is 4. The predicted molar refractivity (Wildman–Crippen MR) is 269 cm³/mol. The van der Waals surface area contributed by atoms with E-state index in [2.05, 4.69) is 31.9 Å². The first-order valence-electron chi connectivity index (χ1n) is 20.1. The molecule has 4 aromatic rings. The number of phenols is 2. The Kier molecular flexibility index (Phi) is 19.5. The Morgan fingerprint density at radius 1 is 0.613 bits per heavy atom. The van der Waals surface area contributed by atoms with Crippen molar-refractivity contribution in [1.82, 2.24) is 0 Å². The van der Waals surface area contributed by atoms with Crippen molar-refractivity contribution in [3.05, 3.63) is 296 Å². The number of hydrogen-bond donors (Lipinski definition) is 4. The Bertz CT molecular complexity index is 2600. The van der Waals surface area contributed by atoms with E-state index in [-0.39, 0.29) is 11.5 Å². The van der Waals surface area contributed by atoms with Crippen molar-refractivity contribution in [3.8, 4) is 22.6 Å². The van der Waals surface area contributed by atoms with E-state index in [0.717, 1.165) is 50.2 Å². The summed E-state index contributed by atoms with van der Waals surface area (Å²) in [4.78, 5) is 0. The van der Waals surface area contributed by atoms with Crippen LogP contribution >= 0.6 is 0 Å². The van der Waals surface area contributed by atoms with E-state index in [1.54, 1.807) is 36.4 Å². The second-order valence-corrected chi connectivity index (χ2v) is 13.6. The standard InChI is InChI=1S/C46H41NO2.C12H13N/c1-5-8-19-39(40-20-15-21-41(33-40)43-23-12-14-25-46(43)49)32-35(18-10-9-17-34(4)42-22-11-13-24-45(42)48)26-31-44(47)38-29-27-37(28-30-38)36(7-3)16-6-2;13-12-10-8-6-4-2-1-3-5-7-9-11-12/h5-33,47-49H,2-4H2,1H3;1-11H,13H2/b8-5-,17-9+,18-10+,31-26-,35-32+,36-16+,39-19+,47-44?;2-1-,3-1?,4-2?,5-3+,6-4-,7-5?,8-6?,9-7+,10-8-,11-9?,12-10?,12-11+. The van der Waals surface area contributed by atoms with Gasteiger partial charge in [0.25, 0.3) is 0 Å². The lowest BCUT2D eigenvalue weighted by molar-refractivity contribution is 0.473. The van der Waals surface area contributed by atoms with E-state index in [0.29, 0.717) is 16.8 Å². The van der Waals surface area contributed by atoms with E-state index in [9.17, 15) is 10.2 Å². The summed E-state index contributed by atoms with van der Waals surface area (Å²) in [7, 11) is 0. The summed E-state index contributed by atoms with van der Waals surface area (Å²) in [5, 5.41) is 29.6. The van der Waals surface area contributed by atoms with Gasteiger partial charge in [0.05, 0.1) is 5.71 Å². The number of nitrogens with two attached hydrogens (primary N) is 1. The Hall–Kier alpha value is -8.21. The number of nitrogens with one attached hydrogen (secondary N) is 1. The minimum Gasteiger partial charge on any atom is -0.507 e. The van der Waals surface area contributed by atoms with Crippen molar-refractivity contribution in [3.63, 3.8) is 0 Å². The zero-order chi connectivity index (χ0) is 44.4. The van der Waals surface area contributed by atoms with Crippen molar-refractivity contribution in [1.29, 1.82) is 5.41 Å².